The first kappa shape index (κ1) is 10.5. The van der Waals surface area contributed by atoms with Crippen LogP contribution in [0, 0.1) is 0 Å². The standard InChI is InChI=1S/C7H9N2O4P/c1-12-7(11)5-6(13-14)4(10)2-3-9(5)8/h2-3H,8,14H2,1H3. The topological polar surface area (TPSA) is 83.5 Å². The lowest BCUT2D eigenvalue weighted by molar-refractivity contribution is 0.0587. The van der Waals surface area contributed by atoms with E-state index in [-0.39, 0.29) is 11.4 Å². The highest BCUT2D eigenvalue weighted by atomic mass is 31.0. The molecule has 1 rings (SSSR count). The van der Waals surface area contributed by atoms with E-state index in [2.05, 4.69) is 9.26 Å². The van der Waals surface area contributed by atoms with Gasteiger partial charge >= 0.3 is 5.97 Å². The second-order valence-corrected chi connectivity index (χ2v) is 2.61. The molecule has 1 aromatic rings. The van der Waals surface area contributed by atoms with Crippen molar-refractivity contribution < 1.29 is 14.1 Å². The van der Waals surface area contributed by atoms with Crippen molar-refractivity contribution in [2.75, 3.05) is 13.0 Å². The van der Waals surface area contributed by atoms with Crippen LogP contribution in [0.15, 0.2) is 17.1 Å². The largest absolute Gasteiger partial charge is 0.474 e. The summed E-state index contributed by atoms with van der Waals surface area (Å²) in [5.74, 6) is 4.54. The maximum Gasteiger partial charge on any atom is 0.360 e. The Balaban J connectivity index is 3.45. The average molecular weight is 216 g/mol. The molecule has 0 aliphatic rings. The van der Waals surface area contributed by atoms with Gasteiger partial charge in [0.2, 0.25) is 11.2 Å². The van der Waals surface area contributed by atoms with E-state index >= 15 is 0 Å². The maximum atomic E-state index is 11.2. The van der Waals surface area contributed by atoms with Crippen LogP contribution in [-0.4, -0.2) is 17.8 Å². The number of nitrogens with two attached hydrogens (primary N) is 1. The molecule has 6 nitrogen and oxygen atoms in total. The number of pyridine rings is 1. The molecule has 1 atom stereocenters. The highest BCUT2D eigenvalue weighted by Crippen LogP contribution is 2.14. The molecule has 1 aromatic heterocycles. The summed E-state index contributed by atoms with van der Waals surface area (Å²) in [4.78, 5) is 22.4. The molecule has 0 spiro atoms. The number of aromatic nitrogens is 1. The van der Waals surface area contributed by atoms with E-state index in [1.54, 1.807) is 0 Å². The van der Waals surface area contributed by atoms with E-state index in [4.69, 9.17) is 5.84 Å². The van der Waals surface area contributed by atoms with Crippen molar-refractivity contribution in [3.63, 3.8) is 0 Å². The van der Waals surface area contributed by atoms with Crippen molar-refractivity contribution in [2.45, 2.75) is 0 Å². The number of hydrogen-bond donors (Lipinski definition) is 1. The SMILES string of the molecule is COC(=O)c1c(OP)c(=O)ccn1N. The lowest BCUT2D eigenvalue weighted by Crippen LogP contribution is -2.24. The Hall–Kier alpha value is -1.55. The summed E-state index contributed by atoms with van der Waals surface area (Å²) >= 11 is 0. The normalized spacial score (nSPS) is 9.57. The second kappa shape index (κ2) is 4.11. The van der Waals surface area contributed by atoms with E-state index in [0.29, 0.717) is 0 Å². The first-order valence-corrected chi connectivity index (χ1v) is 4.04. The summed E-state index contributed by atoms with van der Waals surface area (Å²) in [5, 5.41) is 0. The molecule has 0 fully saturated rings. The Morgan fingerprint density at radius 3 is 2.79 bits per heavy atom. The van der Waals surface area contributed by atoms with Gasteiger partial charge in [-0.3, -0.25) is 9.47 Å². The summed E-state index contributed by atoms with van der Waals surface area (Å²) in [6.07, 6.45) is 1.25. The van der Waals surface area contributed by atoms with Crippen molar-refractivity contribution in [3.05, 3.63) is 28.2 Å². The summed E-state index contributed by atoms with van der Waals surface area (Å²) in [5.41, 5.74) is -0.572. The Bertz CT molecular complexity index is 415. The molecular weight excluding hydrogens is 207 g/mol. The minimum atomic E-state index is -0.734. The Kier molecular flexibility index (Phi) is 3.09. The smallest absolute Gasteiger partial charge is 0.360 e. The van der Waals surface area contributed by atoms with Crippen LogP contribution in [0.25, 0.3) is 0 Å². The van der Waals surface area contributed by atoms with Crippen molar-refractivity contribution in [1.29, 1.82) is 0 Å². The second-order valence-electron chi connectivity index (χ2n) is 2.37. The predicted octanol–water partition coefficient (Wildman–Crippen LogP) is -0.482. The maximum absolute atomic E-state index is 11.2. The Morgan fingerprint density at radius 1 is 1.64 bits per heavy atom. The summed E-state index contributed by atoms with van der Waals surface area (Å²) in [6, 6.07) is 1.19. The van der Waals surface area contributed by atoms with Gasteiger partial charge in [0, 0.05) is 12.3 Å². The molecule has 0 aromatic carbocycles. The third-order valence-corrected chi connectivity index (χ3v) is 1.82. The van der Waals surface area contributed by atoms with Crippen LogP contribution in [0.4, 0.5) is 0 Å². The predicted molar refractivity (Wildman–Crippen MR) is 52.5 cm³/mol. The van der Waals surface area contributed by atoms with E-state index in [0.717, 1.165) is 4.68 Å². The van der Waals surface area contributed by atoms with Gasteiger partial charge in [-0.25, -0.2) is 4.79 Å². The molecule has 2 N–H and O–H groups in total. The molecule has 76 valence electrons. The number of nitrogens with zero attached hydrogens (tertiary/aromatic N) is 1. The number of nitrogen functional groups attached to an aromatic ring is 1. The van der Waals surface area contributed by atoms with Crippen LogP contribution in [0.3, 0.4) is 0 Å². The number of carbonyl (C=O) groups is 1. The molecule has 0 saturated heterocycles. The molecule has 0 radical (unpaired) electrons. The lowest BCUT2D eigenvalue weighted by Gasteiger charge is -2.09. The van der Waals surface area contributed by atoms with E-state index in [9.17, 15) is 9.59 Å². The third-order valence-electron chi connectivity index (χ3n) is 1.58. The fraction of sp³-hybridized carbons (Fsp3) is 0.143. The highest BCUT2D eigenvalue weighted by molar-refractivity contribution is 7.10. The average Bonchev–Trinajstić information content (AvgIpc) is 2.19. The lowest BCUT2D eigenvalue weighted by atomic mass is 10.3. The van der Waals surface area contributed by atoms with E-state index in [1.165, 1.54) is 19.4 Å². The number of rotatable bonds is 2. The molecule has 0 amide bonds. The van der Waals surface area contributed by atoms with Gasteiger partial charge in [-0.15, -0.1) is 0 Å². The first-order chi connectivity index (χ1) is 6.61. The monoisotopic (exact) mass is 216 g/mol. The quantitative estimate of drug-likeness (QED) is 0.410. The van der Waals surface area contributed by atoms with Gasteiger partial charge in [0.05, 0.1) is 16.6 Å². The molecule has 0 aliphatic heterocycles. The fourth-order valence-corrected chi connectivity index (χ4v) is 1.17. The Labute approximate surface area is 81.9 Å². The minimum Gasteiger partial charge on any atom is -0.474 e. The fourth-order valence-electron chi connectivity index (χ4n) is 0.941. The first-order valence-electron chi connectivity index (χ1n) is 3.57. The van der Waals surface area contributed by atoms with Crippen LogP contribution >= 0.6 is 9.47 Å². The van der Waals surface area contributed by atoms with Crippen molar-refractivity contribution in [2.24, 2.45) is 0 Å². The van der Waals surface area contributed by atoms with Crippen molar-refractivity contribution in [3.8, 4) is 5.75 Å². The zero-order valence-electron chi connectivity index (χ0n) is 7.39. The van der Waals surface area contributed by atoms with Gasteiger partial charge in [-0.05, 0) is 0 Å². The van der Waals surface area contributed by atoms with Crippen molar-refractivity contribution in [1.82, 2.24) is 4.68 Å². The molecule has 7 heteroatoms. The summed E-state index contributed by atoms with van der Waals surface area (Å²) in [6.45, 7) is 0. The molecule has 1 unspecified atom stereocenters. The molecule has 0 aliphatic carbocycles. The number of hydrogen-bond acceptors (Lipinski definition) is 5. The number of carbonyl (C=O) groups excluding carboxylic acids is 1. The van der Waals surface area contributed by atoms with E-state index in [1.807, 2.05) is 9.47 Å². The van der Waals surface area contributed by atoms with Gasteiger partial charge in [0.25, 0.3) is 0 Å². The summed E-state index contributed by atoms with van der Waals surface area (Å²) in [7, 11) is 3.06. The molecule has 0 saturated carbocycles. The third kappa shape index (κ3) is 1.70. The van der Waals surface area contributed by atoms with E-state index < -0.39 is 11.4 Å². The van der Waals surface area contributed by atoms with Gasteiger partial charge < -0.3 is 15.1 Å². The number of methoxy groups -OCH3 is 1. The van der Waals surface area contributed by atoms with Gasteiger partial charge in [-0.2, -0.15) is 0 Å². The zero-order valence-corrected chi connectivity index (χ0v) is 8.54. The van der Waals surface area contributed by atoms with Crippen LogP contribution in [0.1, 0.15) is 10.5 Å². The Morgan fingerprint density at radius 2 is 2.29 bits per heavy atom. The van der Waals surface area contributed by atoms with Crippen LogP contribution in [0.2, 0.25) is 0 Å². The molecule has 14 heavy (non-hydrogen) atoms. The molecule has 0 bridgehead atoms. The van der Waals surface area contributed by atoms with Crippen molar-refractivity contribution >= 4 is 15.4 Å². The van der Waals surface area contributed by atoms with Gasteiger partial charge in [0.15, 0.2) is 5.69 Å². The van der Waals surface area contributed by atoms with Crippen LogP contribution in [-0.2, 0) is 4.74 Å². The highest BCUT2D eigenvalue weighted by Gasteiger charge is 2.18. The van der Waals surface area contributed by atoms with Crippen LogP contribution < -0.4 is 15.8 Å². The van der Waals surface area contributed by atoms with Gasteiger partial charge in [-0.1, -0.05) is 0 Å². The number of esters is 1. The van der Waals surface area contributed by atoms with Crippen LogP contribution in [0.5, 0.6) is 5.75 Å². The zero-order chi connectivity index (χ0) is 10.7. The molecule has 1 heterocycles. The van der Waals surface area contributed by atoms with Gasteiger partial charge in [0.1, 0.15) is 0 Å². The molecular formula is C7H9N2O4P. The summed E-state index contributed by atoms with van der Waals surface area (Å²) < 4.78 is 10.1. The minimum absolute atomic E-state index is 0.130. The number of ether oxygens (including phenoxy) is 1.